The molecule has 0 radical (unpaired) electrons. The lowest BCUT2D eigenvalue weighted by molar-refractivity contribution is -0.213. The summed E-state index contributed by atoms with van der Waals surface area (Å²) < 4.78 is 45.6. The smallest absolute Gasteiger partial charge is 0.425 e. The standard InChI is InChI=1S/C15H23F3O4/c1-4-5-6-7-8-11(2)21-13(19)9-10-14(20)22-12(3)15(16,17)18/h9-12H,4-8H2,1-3H3/b10-9+. The van der Waals surface area contributed by atoms with E-state index in [-0.39, 0.29) is 6.10 Å². The lowest BCUT2D eigenvalue weighted by Crippen LogP contribution is -2.30. The largest absolute Gasteiger partial charge is 0.460 e. The van der Waals surface area contributed by atoms with Gasteiger partial charge in [0.05, 0.1) is 6.10 Å². The van der Waals surface area contributed by atoms with Crippen LogP contribution < -0.4 is 0 Å². The van der Waals surface area contributed by atoms with Gasteiger partial charge in [-0.2, -0.15) is 13.2 Å². The van der Waals surface area contributed by atoms with Crippen LogP contribution in [0.3, 0.4) is 0 Å². The molecule has 0 aliphatic carbocycles. The zero-order chi connectivity index (χ0) is 17.2. The minimum atomic E-state index is -4.63. The molecule has 0 fully saturated rings. The van der Waals surface area contributed by atoms with Crippen LogP contribution in [0.25, 0.3) is 0 Å². The summed E-state index contributed by atoms with van der Waals surface area (Å²) in [6.45, 7) is 4.52. The maximum atomic E-state index is 12.2. The third-order valence-electron chi connectivity index (χ3n) is 2.89. The van der Waals surface area contributed by atoms with E-state index >= 15 is 0 Å². The number of rotatable bonds is 9. The van der Waals surface area contributed by atoms with E-state index in [1.165, 1.54) is 0 Å². The predicted molar refractivity (Wildman–Crippen MR) is 75.1 cm³/mol. The van der Waals surface area contributed by atoms with Crippen molar-refractivity contribution < 1.29 is 32.2 Å². The molecule has 7 heteroatoms. The van der Waals surface area contributed by atoms with Gasteiger partial charge in [-0.3, -0.25) is 0 Å². The van der Waals surface area contributed by atoms with Crippen molar-refractivity contribution in [1.29, 1.82) is 0 Å². The molecule has 0 spiro atoms. The van der Waals surface area contributed by atoms with Crippen molar-refractivity contribution in [3.8, 4) is 0 Å². The van der Waals surface area contributed by atoms with Crippen LogP contribution in [-0.2, 0) is 19.1 Å². The number of esters is 2. The predicted octanol–water partition coefficient (Wildman–Crippen LogP) is 3.94. The Morgan fingerprint density at radius 3 is 2.05 bits per heavy atom. The summed E-state index contributed by atoms with van der Waals surface area (Å²) >= 11 is 0. The van der Waals surface area contributed by atoms with Crippen LogP contribution in [0.15, 0.2) is 12.2 Å². The van der Waals surface area contributed by atoms with Gasteiger partial charge in [0.1, 0.15) is 0 Å². The van der Waals surface area contributed by atoms with E-state index in [1.807, 2.05) is 0 Å². The molecule has 0 saturated heterocycles. The lowest BCUT2D eigenvalue weighted by atomic mass is 10.1. The minimum absolute atomic E-state index is 0.306. The van der Waals surface area contributed by atoms with Crippen LogP contribution in [0.1, 0.15) is 52.9 Å². The second kappa shape index (κ2) is 10.2. The monoisotopic (exact) mass is 324 g/mol. The summed E-state index contributed by atoms with van der Waals surface area (Å²) in [4.78, 5) is 22.5. The Morgan fingerprint density at radius 2 is 1.55 bits per heavy atom. The van der Waals surface area contributed by atoms with Crippen LogP contribution in [-0.4, -0.2) is 30.3 Å². The normalized spacial score (nSPS) is 14.6. The number of halogens is 3. The van der Waals surface area contributed by atoms with E-state index in [1.54, 1.807) is 6.92 Å². The van der Waals surface area contributed by atoms with Gasteiger partial charge in [0, 0.05) is 12.2 Å². The van der Waals surface area contributed by atoms with E-state index in [4.69, 9.17) is 4.74 Å². The Bertz CT molecular complexity index is 377. The van der Waals surface area contributed by atoms with Crippen LogP contribution in [0.2, 0.25) is 0 Å². The first-order chi connectivity index (χ1) is 10.2. The van der Waals surface area contributed by atoms with Gasteiger partial charge in [-0.05, 0) is 26.7 Å². The lowest BCUT2D eigenvalue weighted by Gasteiger charge is -2.15. The zero-order valence-electron chi connectivity index (χ0n) is 13.1. The molecule has 0 amide bonds. The molecule has 0 N–H and O–H groups in total. The van der Waals surface area contributed by atoms with Gasteiger partial charge in [0.15, 0.2) is 6.10 Å². The average molecular weight is 324 g/mol. The first-order valence-corrected chi connectivity index (χ1v) is 7.32. The maximum Gasteiger partial charge on any atom is 0.425 e. The number of alkyl halides is 3. The Kier molecular flexibility index (Phi) is 9.53. The minimum Gasteiger partial charge on any atom is -0.460 e. The van der Waals surface area contributed by atoms with E-state index in [9.17, 15) is 22.8 Å². The van der Waals surface area contributed by atoms with Crippen molar-refractivity contribution in [3.63, 3.8) is 0 Å². The highest BCUT2D eigenvalue weighted by molar-refractivity contribution is 5.91. The molecule has 128 valence electrons. The molecular weight excluding hydrogens is 301 g/mol. The van der Waals surface area contributed by atoms with Gasteiger partial charge in [-0.1, -0.05) is 26.2 Å². The summed E-state index contributed by atoms with van der Waals surface area (Å²) in [5, 5.41) is 0. The molecule has 0 aromatic rings. The van der Waals surface area contributed by atoms with Crippen molar-refractivity contribution in [2.24, 2.45) is 0 Å². The topological polar surface area (TPSA) is 52.6 Å². The number of ether oxygens (including phenoxy) is 2. The molecule has 0 heterocycles. The summed E-state index contributed by atoms with van der Waals surface area (Å²) in [5.74, 6) is -2.02. The fourth-order valence-electron chi connectivity index (χ4n) is 1.57. The number of hydrogen-bond acceptors (Lipinski definition) is 4. The highest BCUT2D eigenvalue weighted by atomic mass is 19.4. The maximum absolute atomic E-state index is 12.2. The first-order valence-electron chi connectivity index (χ1n) is 7.32. The van der Waals surface area contributed by atoms with E-state index in [2.05, 4.69) is 11.7 Å². The van der Waals surface area contributed by atoms with Gasteiger partial charge in [0.25, 0.3) is 0 Å². The molecular formula is C15H23F3O4. The fourth-order valence-corrected chi connectivity index (χ4v) is 1.57. The summed E-state index contributed by atoms with van der Waals surface area (Å²) in [5.41, 5.74) is 0. The fraction of sp³-hybridized carbons (Fsp3) is 0.733. The Labute approximate surface area is 128 Å². The summed E-state index contributed by atoms with van der Waals surface area (Å²) in [6, 6.07) is 0. The van der Waals surface area contributed by atoms with E-state index in [0.29, 0.717) is 19.4 Å². The van der Waals surface area contributed by atoms with Crippen molar-refractivity contribution in [3.05, 3.63) is 12.2 Å². The molecule has 0 aromatic carbocycles. The molecule has 2 unspecified atom stereocenters. The van der Waals surface area contributed by atoms with Crippen LogP contribution in [0, 0.1) is 0 Å². The third-order valence-corrected chi connectivity index (χ3v) is 2.89. The van der Waals surface area contributed by atoms with Crippen molar-refractivity contribution in [2.75, 3.05) is 0 Å². The van der Waals surface area contributed by atoms with Crippen LogP contribution in [0.5, 0.6) is 0 Å². The second-order valence-electron chi connectivity index (χ2n) is 5.05. The van der Waals surface area contributed by atoms with Crippen molar-refractivity contribution in [1.82, 2.24) is 0 Å². The van der Waals surface area contributed by atoms with Crippen LogP contribution >= 0.6 is 0 Å². The van der Waals surface area contributed by atoms with Gasteiger partial charge in [-0.25, -0.2) is 9.59 Å². The molecule has 0 rings (SSSR count). The summed E-state index contributed by atoms with van der Waals surface area (Å²) in [6.07, 6.45) is -0.849. The third kappa shape index (κ3) is 10.2. The second-order valence-corrected chi connectivity index (χ2v) is 5.05. The Hall–Kier alpha value is -1.53. The van der Waals surface area contributed by atoms with Gasteiger partial charge in [0.2, 0.25) is 0 Å². The molecule has 0 aliphatic rings. The average Bonchev–Trinajstić information content (AvgIpc) is 2.40. The van der Waals surface area contributed by atoms with E-state index in [0.717, 1.165) is 31.8 Å². The van der Waals surface area contributed by atoms with Gasteiger partial charge < -0.3 is 9.47 Å². The van der Waals surface area contributed by atoms with Gasteiger partial charge >= 0.3 is 18.1 Å². The van der Waals surface area contributed by atoms with Crippen molar-refractivity contribution >= 4 is 11.9 Å². The molecule has 4 nitrogen and oxygen atoms in total. The quantitative estimate of drug-likeness (QED) is 0.366. The SMILES string of the molecule is CCCCCCC(C)OC(=O)/C=C/C(=O)OC(C)C(F)(F)F. The Balaban J connectivity index is 4.06. The highest BCUT2D eigenvalue weighted by Crippen LogP contribution is 2.22. The molecule has 0 saturated carbocycles. The van der Waals surface area contributed by atoms with E-state index < -0.39 is 24.2 Å². The number of unbranched alkanes of at least 4 members (excludes halogenated alkanes) is 3. The molecule has 0 bridgehead atoms. The highest BCUT2D eigenvalue weighted by Gasteiger charge is 2.38. The molecule has 2 atom stereocenters. The van der Waals surface area contributed by atoms with Gasteiger partial charge in [-0.15, -0.1) is 0 Å². The Morgan fingerprint density at radius 1 is 1.00 bits per heavy atom. The molecule has 0 aliphatic heterocycles. The van der Waals surface area contributed by atoms with Crippen molar-refractivity contribution in [2.45, 2.75) is 71.3 Å². The first kappa shape index (κ1) is 20.5. The zero-order valence-corrected chi connectivity index (χ0v) is 13.1. The number of carbonyl (C=O) groups excluding carboxylic acids is 2. The van der Waals surface area contributed by atoms with Crippen LogP contribution in [0.4, 0.5) is 13.2 Å². The molecule has 0 aromatic heterocycles. The summed E-state index contributed by atoms with van der Waals surface area (Å²) in [7, 11) is 0. The number of hydrogen-bond donors (Lipinski definition) is 0. The molecule has 22 heavy (non-hydrogen) atoms. The number of carbonyl (C=O) groups is 2.